The molecule has 0 fully saturated rings. The number of aromatic nitrogens is 2. The molecule has 3 aromatic rings. The van der Waals surface area contributed by atoms with Crippen LogP contribution in [0.2, 0.25) is 0 Å². The molecule has 2 aromatic heterocycles. The fourth-order valence-corrected chi connectivity index (χ4v) is 3.26. The van der Waals surface area contributed by atoms with Gasteiger partial charge in [0.15, 0.2) is 5.13 Å². The Hall–Kier alpha value is -2.65. The van der Waals surface area contributed by atoms with Crippen molar-refractivity contribution in [3.05, 3.63) is 60.2 Å². The number of anilines is 3. The van der Waals surface area contributed by atoms with Gasteiger partial charge in [-0.3, -0.25) is 4.72 Å². The zero-order chi connectivity index (χ0) is 16.7. The van der Waals surface area contributed by atoms with Crippen LogP contribution in [0.15, 0.2) is 65.1 Å². The summed E-state index contributed by atoms with van der Waals surface area (Å²) in [4.78, 5) is 7.77. The van der Waals surface area contributed by atoms with Crippen molar-refractivity contribution in [2.24, 2.45) is 0 Å². The molecule has 0 atom stereocenters. The van der Waals surface area contributed by atoms with E-state index in [2.05, 4.69) is 14.7 Å². The lowest BCUT2D eigenvalue weighted by molar-refractivity contribution is 0.601. The van der Waals surface area contributed by atoms with Gasteiger partial charge in [0.25, 0.3) is 10.0 Å². The largest absolute Gasteiger partial charge is 0.399 e. The Kier molecular flexibility index (Phi) is 5.50. The van der Waals surface area contributed by atoms with Crippen LogP contribution < -0.4 is 16.2 Å². The molecule has 120 valence electrons. The van der Waals surface area contributed by atoms with Crippen molar-refractivity contribution < 1.29 is 8.42 Å². The fourth-order valence-electron chi connectivity index (χ4n) is 1.47. The van der Waals surface area contributed by atoms with E-state index >= 15 is 0 Å². The van der Waals surface area contributed by atoms with Crippen molar-refractivity contribution >= 4 is 38.0 Å². The van der Waals surface area contributed by atoms with Crippen molar-refractivity contribution in [2.45, 2.75) is 4.90 Å². The summed E-state index contributed by atoms with van der Waals surface area (Å²) in [6.07, 6.45) is 3.20. The highest BCUT2D eigenvalue weighted by atomic mass is 32.2. The van der Waals surface area contributed by atoms with Gasteiger partial charge in [0.1, 0.15) is 5.82 Å². The Balaban J connectivity index is 0.000000229. The fraction of sp³-hybridized carbons (Fsp3) is 0. The van der Waals surface area contributed by atoms with Crippen LogP contribution in [0.5, 0.6) is 0 Å². The molecular formula is C14H15N5O2S2. The number of pyridine rings is 1. The van der Waals surface area contributed by atoms with E-state index < -0.39 is 10.0 Å². The normalized spacial score (nSPS) is 10.4. The molecule has 0 saturated carbocycles. The summed E-state index contributed by atoms with van der Waals surface area (Å²) in [6, 6.07) is 11.4. The van der Waals surface area contributed by atoms with Crippen LogP contribution in [0.1, 0.15) is 0 Å². The maximum atomic E-state index is 11.8. The number of nitrogens with one attached hydrogen (secondary N) is 1. The highest BCUT2D eigenvalue weighted by molar-refractivity contribution is 7.93. The Morgan fingerprint density at radius 1 is 0.957 bits per heavy atom. The van der Waals surface area contributed by atoms with Gasteiger partial charge in [0.05, 0.1) is 4.90 Å². The van der Waals surface area contributed by atoms with Gasteiger partial charge in [-0.05, 0) is 36.4 Å². The average Bonchev–Trinajstić information content (AvgIpc) is 3.01. The van der Waals surface area contributed by atoms with E-state index in [1.807, 2.05) is 12.1 Å². The Morgan fingerprint density at radius 2 is 1.70 bits per heavy atom. The molecule has 1 aromatic carbocycles. The average molecular weight is 349 g/mol. The lowest BCUT2D eigenvalue weighted by Crippen LogP contribution is -2.12. The van der Waals surface area contributed by atoms with Gasteiger partial charge < -0.3 is 11.5 Å². The summed E-state index contributed by atoms with van der Waals surface area (Å²) >= 11 is 1.22. The van der Waals surface area contributed by atoms with Crippen molar-refractivity contribution in [1.29, 1.82) is 0 Å². The number of nitrogens with zero attached hydrogens (tertiary/aromatic N) is 2. The summed E-state index contributed by atoms with van der Waals surface area (Å²) in [5, 5.41) is 2.04. The highest BCUT2D eigenvalue weighted by Gasteiger charge is 2.14. The first-order valence-corrected chi connectivity index (χ1v) is 8.78. The Labute approximate surface area is 138 Å². The van der Waals surface area contributed by atoms with E-state index in [4.69, 9.17) is 11.5 Å². The molecule has 0 radical (unpaired) electrons. The minimum absolute atomic E-state index is 0.164. The number of rotatable bonds is 3. The summed E-state index contributed by atoms with van der Waals surface area (Å²) in [5.74, 6) is 0.572. The number of hydrogen-bond donors (Lipinski definition) is 3. The van der Waals surface area contributed by atoms with Gasteiger partial charge in [0.2, 0.25) is 0 Å². The lowest BCUT2D eigenvalue weighted by Gasteiger charge is -2.04. The molecule has 0 amide bonds. The van der Waals surface area contributed by atoms with Crippen molar-refractivity contribution in [3.63, 3.8) is 0 Å². The van der Waals surface area contributed by atoms with E-state index in [1.165, 1.54) is 41.8 Å². The molecule has 0 spiro atoms. The summed E-state index contributed by atoms with van der Waals surface area (Å²) in [5.41, 5.74) is 11.2. The molecule has 2 heterocycles. The quantitative estimate of drug-likeness (QED) is 0.623. The van der Waals surface area contributed by atoms with E-state index in [0.717, 1.165) is 0 Å². The molecule has 23 heavy (non-hydrogen) atoms. The highest BCUT2D eigenvalue weighted by Crippen LogP contribution is 2.18. The predicted molar refractivity (Wildman–Crippen MR) is 92.4 cm³/mol. The zero-order valence-electron chi connectivity index (χ0n) is 12.0. The second-order valence-electron chi connectivity index (χ2n) is 4.27. The smallest absolute Gasteiger partial charge is 0.263 e. The molecular weight excluding hydrogens is 334 g/mol. The summed E-state index contributed by atoms with van der Waals surface area (Å²) < 4.78 is 26.0. The number of nitrogen functional groups attached to an aromatic ring is 2. The van der Waals surface area contributed by atoms with Crippen molar-refractivity contribution in [3.8, 4) is 0 Å². The molecule has 3 rings (SSSR count). The van der Waals surface area contributed by atoms with Gasteiger partial charge in [-0.1, -0.05) is 6.07 Å². The molecule has 9 heteroatoms. The van der Waals surface area contributed by atoms with Crippen LogP contribution in [0.4, 0.5) is 16.6 Å². The van der Waals surface area contributed by atoms with Gasteiger partial charge in [-0.25, -0.2) is 18.4 Å². The molecule has 0 unspecified atom stereocenters. The van der Waals surface area contributed by atoms with Crippen LogP contribution in [-0.2, 0) is 10.0 Å². The first-order chi connectivity index (χ1) is 11.0. The minimum atomic E-state index is -3.56. The SMILES string of the molecule is Nc1ccc(S(=O)(=O)Nc2nccs2)cc1.Nc1ccccn1. The minimum Gasteiger partial charge on any atom is -0.399 e. The summed E-state index contributed by atoms with van der Waals surface area (Å²) in [6.45, 7) is 0. The Bertz CT molecular complexity index is 819. The number of hydrogen-bond acceptors (Lipinski definition) is 7. The van der Waals surface area contributed by atoms with Gasteiger partial charge in [-0.15, -0.1) is 11.3 Å². The maximum absolute atomic E-state index is 11.8. The van der Waals surface area contributed by atoms with E-state index in [9.17, 15) is 8.42 Å². The van der Waals surface area contributed by atoms with Crippen molar-refractivity contribution in [1.82, 2.24) is 9.97 Å². The second-order valence-corrected chi connectivity index (χ2v) is 6.84. The third-order valence-electron chi connectivity index (χ3n) is 2.53. The van der Waals surface area contributed by atoms with E-state index in [-0.39, 0.29) is 4.90 Å². The van der Waals surface area contributed by atoms with Gasteiger partial charge >= 0.3 is 0 Å². The van der Waals surface area contributed by atoms with E-state index in [0.29, 0.717) is 16.6 Å². The molecule has 0 aliphatic heterocycles. The summed E-state index contributed by atoms with van der Waals surface area (Å²) in [7, 11) is -3.56. The van der Waals surface area contributed by atoms with Crippen molar-refractivity contribution in [2.75, 3.05) is 16.2 Å². The predicted octanol–water partition coefficient (Wildman–Crippen LogP) is 2.19. The standard InChI is InChI=1S/C9H9N3O2S2.C5H6N2/c10-7-1-3-8(4-2-7)16(13,14)12-9-11-5-6-15-9;6-5-3-1-2-4-7-5/h1-6H,10H2,(H,11,12);1-4H,(H2,6,7). The number of thiazole rings is 1. The third-order valence-corrected chi connectivity index (χ3v) is 4.70. The second kappa shape index (κ2) is 7.56. The number of sulfonamides is 1. The topological polar surface area (TPSA) is 124 Å². The molecule has 0 saturated heterocycles. The first-order valence-electron chi connectivity index (χ1n) is 6.42. The zero-order valence-corrected chi connectivity index (χ0v) is 13.6. The van der Waals surface area contributed by atoms with E-state index in [1.54, 1.807) is 17.6 Å². The first kappa shape index (κ1) is 16.7. The molecule has 0 aliphatic rings. The van der Waals surface area contributed by atoms with Gasteiger partial charge in [0, 0.05) is 23.5 Å². The van der Waals surface area contributed by atoms with Crippen LogP contribution in [0.25, 0.3) is 0 Å². The van der Waals surface area contributed by atoms with Gasteiger partial charge in [-0.2, -0.15) is 0 Å². The monoisotopic (exact) mass is 349 g/mol. The molecule has 5 N–H and O–H groups in total. The number of nitrogens with two attached hydrogens (primary N) is 2. The van der Waals surface area contributed by atoms with Crippen LogP contribution >= 0.6 is 11.3 Å². The molecule has 0 bridgehead atoms. The van der Waals surface area contributed by atoms with Crippen LogP contribution in [0, 0.1) is 0 Å². The maximum Gasteiger partial charge on any atom is 0.263 e. The molecule has 7 nitrogen and oxygen atoms in total. The Morgan fingerprint density at radius 3 is 2.17 bits per heavy atom. The third kappa shape index (κ3) is 5.24. The van der Waals surface area contributed by atoms with Crippen LogP contribution in [0.3, 0.4) is 0 Å². The lowest BCUT2D eigenvalue weighted by atomic mass is 10.3. The number of benzene rings is 1. The molecule has 0 aliphatic carbocycles. The van der Waals surface area contributed by atoms with Crippen LogP contribution in [-0.4, -0.2) is 18.4 Å².